The SMILES string of the molecule is O=[N+]([O-])c1ccc2nc(N3CC4CNCC4C3)ccc2c1. The first-order chi connectivity index (χ1) is 10.2. The lowest BCUT2D eigenvalue weighted by molar-refractivity contribution is -0.384. The molecule has 0 bridgehead atoms. The number of anilines is 1. The largest absolute Gasteiger partial charge is 0.356 e. The van der Waals surface area contributed by atoms with Crippen LogP contribution in [0.4, 0.5) is 11.5 Å². The molecule has 0 aliphatic carbocycles. The van der Waals surface area contributed by atoms with Crippen LogP contribution in [0.15, 0.2) is 30.3 Å². The monoisotopic (exact) mass is 284 g/mol. The first-order valence-corrected chi connectivity index (χ1v) is 7.21. The van der Waals surface area contributed by atoms with E-state index in [9.17, 15) is 10.1 Å². The van der Waals surface area contributed by atoms with Gasteiger partial charge in [-0.15, -0.1) is 0 Å². The minimum absolute atomic E-state index is 0.110. The van der Waals surface area contributed by atoms with Crippen LogP contribution in [0.25, 0.3) is 10.9 Å². The number of nitrogens with one attached hydrogen (secondary N) is 1. The Morgan fingerprint density at radius 2 is 1.95 bits per heavy atom. The number of benzene rings is 1. The summed E-state index contributed by atoms with van der Waals surface area (Å²) in [5, 5.41) is 15.0. The van der Waals surface area contributed by atoms with E-state index in [1.165, 1.54) is 6.07 Å². The van der Waals surface area contributed by atoms with Gasteiger partial charge in [0.05, 0.1) is 10.4 Å². The molecule has 6 nitrogen and oxygen atoms in total. The van der Waals surface area contributed by atoms with E-state index in [4.69, 9.17) is 0 Å². The van der Waals surface area contributed by atoms with Crippen LogP contribution in [0.1, 0.15) is 0 Å². The Labute approximate surface area is 121 Å². The molecule has 0 radical (unpaired) electrons. The number of nitro groups is 1. The first kappa shape index (κ1) is 12.5. The Hall–Kier alpha value is -2.21. The topological polar surface area (TPSA) is 71.3 Å². The van der Waals surface area contributed by atoms with Crippen molar-refractivity contribution in [2.45, 2.75) is 0 Å². The number of nitro benzene ring substituents is 1. The van der Waals surface area contributed by atoms with Gasteiger partial charge in [0, 0.05) is 43.7 Å². The van der Waals surface area contributed by atoms with Crippen molar-refractivity contribution in [2.75, 3.05) is 31.1 Å². The van der Waals surface area contributed by atoms with Crippen molar-refractivity contribution < 1.29 is 4.92 Å². The van der Waals surface area contributed by atoms with Crippen LogP contribution in [-0.4, -0.2) is 36.1 Å². The predicted molar refractivity (Wildman–Crippen MR) is 80.5 cm³/mol. The van der Waals surface area contributed by atoms with E-state index in [0.717, 1.165) is 54.7 Å². The standard InChI is InChI=1S/C15H16N4O2/c20-19(21)13-2-3-14-10(5-13)1-4-15(17-14)18-8-11-6-16-7-12(11)9-18/h1-5,11-12,16H,6-9H2. The van der Waals surface area contributed by atoms with Crippen molar-refractivity contribution in [1.82, 2.24) is 10.3 Å². The highest BCUT2D eigenvalue weighted by atomic mass is 16.6. The molecule has 2 saturated heterocycles. The van der Waals surface area contributed by atoms with Crippen molar-refractivity contribution in [2.24, 2.45) is 11.8 Å². The van der Waals surface area contributed by atoms with Crippen LogP contribution in [0.5, 0.6) is 0 Å². The summed E-state index contributed by atoms with van der Waals surface area (Å²) < 4.78 is 0. The zero-order valence-corrected chi connectivity index (χ0v) is 11.5. The number of non-ortho nitro benzene ring substituents is 1. The van der Waals surface area contributed by atoms with Gasteiger partial charge in [0.1, 0.15) is 5.82 Å². The summed E-state index contributed by atoms with van der Waals surface area (Å²) >= 11 is 0. The summed E-state index contributed by atoms with van der Waals surface area (Å²) in [4.78, 5) is 17.4. The van der Waals surface area contributed by atoms with Crippen molar-refractivity contribution in [3.63, 3.8) is 0 Å². The third kappa shape index (κ3) is 2.12. The number of hydrogen-bond acceptors (Lipinski definition) is 5. The third-order valence-electron chi connectivity index (χ3n) is 4.58. The lowest BCUT2D eigenvalue weighted by atomic mass is 10.0. The molecular weight excluding hydrogens is 268 g/mol. The molecule has 1 aromatic carbocycles. The molecule has 2 aliphatic rings. The second-order valence-electron chi connectivity index (χ2n) is 5.89. The Kier molecular flexibility index (Phi) is 2.78. The van der Waals surface area contributed by atoms with E-state index in [1.807, 2.05) is 12.1 Å². The average molecular weight is 284 g/mol. The highest BCUT2D eigenvalue weighted by molar-refractivity contribution is 5.82. The van der Waals surface area contributed by atoms with Crippen LogP contribution in [0, 0.1) is 22.0 Å². The summed E-state index contributed by atoms with van der Waals surface area (Å²) in [5.74, 6) is 2.42. The Bertz CT molecular complexity index is 706. The van der Waals surface area contributed by atoms with E-state index >= 15 is 0 Å². The van der Waals surface area contributed by atoms with Gasteiger partial charge in [0.2, 0.25) is 0 Å². The normalized spacial score (nSPS) is 24.5. The smallest absolute Gasteiger partial charge is 0.270 e. The predicted octanol–water partition coefficient (Wildman–Crippen LogP) is 1.80. The van der Waals surface area contributed by atoms with E-state index in [-0.39, 0.29) is 10.6 Å². The van der Waals surface area contributed by atoms with Crippen molar-refractivity contribution >= 4 is 22.4 Å². The first-order valence-electron chi connectivity index (χ1n) is 7.21. The molecule has 2 aromatic rings. The molecule has 2 aliphatic heterocycles. The average Bonchev–Trinajstić information content (AvgIpc) is 3.07. The molecule has 1 N–H and O–H groups in total. The second-order valence-corrected chi connectivity index (χ2v) is 5.89. The fourth-order valence-corrected chi connectivity index (χ4v) is 3.43. The second kappa shape index (κ2) is 4.66. The van der Waals surface area contributed by atoms with Gasteiger partial charge in [-0.05, 0) is 30.0 Å². The molecule has 1 aromatic heterocycles. The summed E-state index contributed by atoms with van der Waals surface area (Å²) in [7, 11) is 0. The molecule has 3 heterocycles. The van der Waals surface area contributed by atoms with Crippen molar-refractivity contribution in [3.05, 3.63) is 40.4 Å². The van der Waals surface area contributed by atoms with Gasteiger partial charge < -0.3 is 10.2 Å². The van der Waals surface area contributed by atoms with E-state index in [1.54, 1.807) is 12.1 Å². The molecule has 2 unspecified atom stereocenters. The molecule has 0 spiro atoms. The van der Waals surface area contributed by atoms with Gasteiger partial charge in [-0.25, -0.2) is 4.98 Å². The fraction of sp³-hybridized carbons (Fsp3) is 0.400. The molecule has 108 valence electrons. The fourth-order valence-electron chi connectivity index (χ4n) is 3.43. The van der Waals surface area contributed by atoms with Crippen molar-refractivity contribution in [3.8, 4) is 0 Å². The molecule has 21 heavy (non-hydrogen) atoms. The maximum absolute atomic E-state index is 10.8. The lowest BCUT2D eigenvalue weighted by Crippen LogP contribution is -2.26. The van der Waals surface area contributed by atoms with Gasteiger partial charge in [-0.3, -0.25) is 10.1 Å². The summed E-state index contributed by atoms with van der Waals surface area (Å²) in [5.41, 5.74) is 0.923. The Morgan fingerprint density at radius 3 is 2.67 bits per heavy atom. The van der Waals surface area contributed by atoms with E-state index < -0.39 is 0 Å². The number of nitrogens with zero attached hydrogens (tertiary/aromatic N) is 3. The van der Waals surface area contributed by atoms with Gasteiger partial charge in [-0.2, -0.15) is 0 Å². The zero-order chi connectivity index (χ0) is 14.4. The molecule has 4 rings (SSSR count). The summed E-state index contributed by atoms with van der Waals surface area (Å²) in [6.45, 7) is 4.29. The molecule has 2 fully saturated rings. The summed E-state index contributed by atoms with van der Waals surface area (Å²) in [6.07, 6.45) is 0. The quantitative estimate of drug-likeness (QED) is 0.672. The van der Waals surface area contributed by atoms with Crippen LogP contribution in [0.2, 0.25) is 0 Å². The minimum Gasteiger partial charge on any atom is -0.356 e. The highest BCUT2D eigenvalue weighted by Gasteiger charge is 2.36. The number of aromatic nitrogens is 1. The molecule has 0 saturated carbocycles. The van der Waals surface area contributed by atoms with Crippen LogP contribution in [-0.2, 0) is 0 Å². The lowest BCUT2D eigenvalue weighted by Gasteiger charge is -2.18. The Balaban J connectivity index is 1.65. The third-order valence-corrected chi connectivity index (χ3v) is 4.58. The maximum Gasteiger partial charge on any atom is 0.270 e. The van der Waals surface area contributed by atoms with Crippen molar-refractivity contribution in [1.29, 1.82) is 0 Å². The van der Waals surface area contributed by atoms with Gasteiger partial charge in [0.25, 0.3) is 5.69 Å². The zero-order valence-electron chi connectivity index (χ0n) is 11.5. The van der Waals surface area contributed by atoms with Crippen LogP contribution < -0.4 is 10.2 Å². The number of rotatable bonds is 2. The maximum atomic E-state index is 10.8. The molecular formula is C15H16N4O2. The molecule has 2 atom stereocenters. The number of pyridine rings is 1. The van der Waals surface area contributed by atoms with E-state index in [0.29, 0.717) is 0 Å². The number of fused-ring (bicyclic) bond motifs is 2. The minimum atomic E-state index is -0.373. The highest BCUT2D eigenvalue weighted by Crippen LogP contribution is 2.30. The van der Waals surface area contributed by atoms with Gasteiger partial charge >= 0.3 is 0 Å². The van der Waals surface area contributed by atoms with Gasteiger partial charge in [-0.1, -0.05) is 0 Å². The van der Waals surface area contributed by atoms with Crippen LogP contribution in [0.3, 0.4) is 0 Å². The van der Waals surface area contributed by atoms with E-state index in [2.05, 4.69) is 15.2 Å². The number of hydrogen-bond donors (Lipinski definition) is 1. The van der Waals surface area contributed by atoms with Gasteiger partial charge in [0.15, 0.2) is 0 Å². The summed E-state index contributed by atoms with van der Waals surface area (Å²) in [6, 6.07) is 8.73. The molecule has 6 heteroatoms. The van der Waals surface area contributed by atoms with Crippen LogP contribution >= 0.6 is 0 Å². The Morgan fingerprint density at radius 1 is 1.19 bits per heavy atom. The molecule has 0 amide bonds.